The first-order valence-corrected chi connectivity index (χ1v) is 5.10. The predicted octanol–water partition coefficient (Wildman–Crippen LogP) is 1.50. The Morgan fingerprint density at radius 3 is 2.92 bits per heavy atom. The molecule has 0 spiro atoms. The van der Waals surface area contributed by atoms with E-state index in [1.807, 2.05) is 0 Å². The Morgan fingerprint density at radius 1 is 1.50 bits per heavy atom. The normalized spacial score (nSPS) is 37.9. The molecule has 2 heteroatoms. The van der Waals surface area contributed by atoms with Crippen molar-refractivity contribution in [2.24, 2.45) is 5.92 Å². The van der Waals surface area contributed by atoms with Crippen LogP contribution in [0, 0.1) is 5.92 Å². The summed E-state index contributed by atoms with van der Waals surface area (Å²) >= 11 is 0. The number of hydrogen-bond acceptors (Lipinski definition) is 2. The van der Waals surface area contributed by atoms with Crippen LogP contribution in [-0.2, 0) is 4.79 Å². The third-order valence-corrected chi connectivity index (χ3v) is 3.04. The molecule has 0 aromatic rings. The molecule has 2 nitrogen and oxygen atoms in total. The number of nitrogens with one attached hydrogen (secondary N) is 1. The smallest absolute Gasteiger partial charge is 0.149 e. The lowest BCUT2D eigenvalue weighted by molar-refractivity contribution is -0.121. The highest BCUT2D eigenvalue weighted by Crippen LogP contribution is 2.41. The number of hydrogen-bond donors (Lipinski definition) is 1. The van der Waals surface area contributed by atoms with Gasteiger partial charge in [0.15, 0.2) is 0 Å². The summed E-state index contributed by atoms with van der Waals surface area (Å²) in [5.41, 5.74) is 0. The van der Waals surface area contributed by atoms with E-state index in [1.54, 1.807) is 0 Å². The summed E-state index contributed by atoms with van der Waals surface area (Å²) in [7, 11) is 0. The van der Waals surface area contributed by atoms with Gasteiger partial charge in [-0.25, -0.2) is 0 Å². The van der Waals surface area contributed by atoms with Crippen LogP contribution in [0.25, 0.3) is 0 Å². The molecule has 0 bridgehead atoms. The zero-order valence-corrected chi connectivity index (χ0v) is 7.68. The number of fused-ring (bicyclic) bond motifs is 1. The highest BCUT2D eigenvalue weighted by Gasteiger charge is 2.47. The van der Waals surface area contributed by atoms with Crippen molar-refractivity contribution in [1.29, 1.82) is 0 Å². The molecule has 0 aromatic heterocycles. The highest BCUT2D eigenvalue weighted by atomic mass is 16.1. The van der Waals surface area contributed by atoms with Crippen molar-refractivity contribution < 1.29 is 4.79 Å². The van der Waals surface area contributed by atoms with Gasteiger partial charge in [0, 0.05) is 12.5 Å². The first kappa shape index (κ1) is 8.24. The Labute approximate surface area is 73.7 Å². The molecule has 2 aliphatic rings. The third kappa shape index (κ3) is 1.53. The second-order valence-electron chi connectivity index (χ2n) is 4.13. The minimum absolute atomic E-state index is 0.222. The molecule has 2 rings (SSSR count). The van der Waals surface area contributed by atoms with E-state index in [9.17, 15) is 4.79 Å². The first-order chi connectivity index (χ1) is 5.81. The molecule has 0 unspecified atom stereocenters. The van der Waals surface area contributed by atoms with Crippen molar-refractivity contribution in [2.45, 2.75) is 51.1 Å². The van der Waals surface area contributed by atoms with E-state index in [-0.39, 0.29) is 6.04 Å². The molecular weight excluding hydrogens is 150 g/mol. The van der Waals surface area contributed by atoms with E-state index in [1.165, 1.54) is 6.42 Å². The van der Waals surface area contributed by atoms with E-state index in [0.717, 1.165) is 31.6 Å². The Balaban J connectivity index is 1.73. The van der Waals surface area contributed by atoms with Crippen molar-refractivity contribution in [3.63, 3.8) is 0 Å². The lowest BCUT2D eigenvalue weighted by Crippen LogP contribution is -2.33. The van der Waals surface area contributed by atoms with Gasteiger partial charge in [-0.15, -0.1) is 0 Å². The van der Waals surface area contributed by atoms with Crippen LogP contribution in [0.4, 0.5) is 0 Å². The van der Waals surface area contributed by atoms with Crippen LogP contribution in [0.3, 0.4) is 0 Å². The lowest BCUT2D eigenvalue weighted by atomic mass is 10.0. The number of carbonyl (C=O) groups excluding carboxylic acids is 1. The molecule has 1 N–H and O–H groups in total. The molecule has 2 fully saturated rings. The molecule has 1 heterocycles. The second kappa shape index (κ2) is 3.17. The maximum atomic E-state index is 11.5. The fourth-order valence-electron chi connectivity index (χ4n) is 2.09. The van der Waals surface area contributed by atoms with Crippen LogP contribution >= 0.6 is 0 Å². The molecule has 12 heavy (non-hydrogen) atoms. The Kier molecular flexibility index (Phi) is 2.18. The van der Waals surface area contributed by atoms with Gasteiger partial charge >= 0.3 is 0 Å². The molecule has 0 radical (unpaired) electrons. The van der Waals surface area contributed by atoms with Crippen LogP contribution in [-0.4, -0.2) is 17.9 Å². The third-order valence-electron chi connectivity index (χ3n) is 3.04. The van der Waals surface area contributed by atoms with Gasteiger partial charge in [0.25, 0.3) is 0 Å². The van der Waals surface area contributed by atoms with E-state index < -0.39 is 0 Å². The van der Waals surface area contributed by atoms with Gasteiger partial charge < -0.3 is 5.32 Å². The van der Waals surface area contributed by atoms with E-state index in [2.05, 4.69) is 12.2 Å². The van der Waals surface area contributed by atoms with Gasteiger partial charge in [-0.3, -0.25) is 4.79 Å². The lowest BCUT2D eigenvalue weighted by Gasteiger charge is -2.10. The number of unbranched alkanes of at least 4 members (excludes halogenated alkanes) is 1. The standard InChI is InChI=1S/C10H17NO/c1-2-3-4-10(12)9-6-7-5-8(7)11-9/h7-9,11H,2-6H2,1H3/t7-,8-,9-/m0/s1. The Hall–Kier alpha value is -0.370. The summed E-state index contributed by atoms with van der Waals surface area (Å²) in [6.45, 7) is 2.13. The fourth-order valence-corrected chi connectivity index (χ4v) is 2.09. The van der Waals surface area contributed by atoms with Crippen LogP contribution in [0.1, 0.15) is 39.0 Å². The molecular formula is C10H17NO. The topological polar surface area (TPSA) is 29.1 Å². The number of Topliss-reactive ketones (excluding diaryl/α,β-unsaturated/α-hetero) is 1. The predicted molar refractivity (Wildman–Crippen MR) is 48.0 cm³/mol. The van der Waals surface area contributed by atoms with E-state index in [4.69, 9.17) is 0 Å². The van der Waals surface area contributed by atoms with Gasteiger partial charge in [-0.2, -0.15) is 0 Å². The summed E-state index contributed by atoms with van der Waals surface area (Å²) in [5, 5.41) is 3.39. The quantitative estimate of drug-likeness (QED) is 0.687. The van der Waals surface area contributed by atoms with Crippen LogP contribution in [0.2, 0.25) is 0 Å². The Morgan fingerprint density at radius 2 is 2.33 bits per heavy atom. The first-order valence-electron chi connectivity index (χ1n) is 5.10. The molecule has 0 amide bonds. The van der Waals surface area contributed by atoms with Crippen LogP contribution < -0.4 is 5.32 Å². The monoisotopic (exact) mass is 167 g/mol. The van der Waals surface area contributed by atoms with Crippen molar-refractivity contribution >= 4 is 5.78 Å². The summed E-state index contributed by atoms with van der Waals surface area (Å²) < 4.78 is 0. The summed E-state index contributed by atoms with van der Waals surface area (Å²) in [6.07, 6.45) is 5.41. The SMILES string of the molecule is CCCCC(=O)[C@@H]1C[C@@H]2C[C@@H]2N1. The zero-order valence-electron chi connectivity index (χ0n) is 7.68. The van der Waals surface area contributed by atoms with Crippen molar-refractivity contribution in [3.8, 4) is 0 Å². The molecule has 1 aliphatic heterocycles. The van der Waals surface area contributed by atoms with Crippen LogP contribution in [0.15, 0.2) is 0 Å². The molecule has 68 valence electrons. The molecule has 1 saturated carbocycles. The minimum atomic E-state index is 0.222. The number of piperidine rings is 1. The van der Waals surface area contributed by atoms with Gasteiger partial charge in [0.1, 0.15) is 5.78 Å². The number of carbonyl (C=O) groups is 1. The van der Waals surface area contributed by atoms with Crippen molar-refractivity contribution in [3.05, 3.63) is 0 Å². The largest absolute Gasteiger partial charge is 0.304 e. The maximum Gasteiger partial charge on any atom is 0.149 e. The summed E-state index contributed by atoms with van der Waals surface area (Å²) in [4.78, 5) is 11.5. The Bertz CT molecular complexity index is 180. The molecule has 3 atom stereocenters. The summed E-state index contributed by atoms with van der Waals surface area (Å²) in [5.74, 6) is 1.30. The zero-order chi connectivity index (χ0) is 8.55. The summed E-state index contributed by atoms with van der Waals surface area (Å²) in [6, 6.07) is 0.931. The average Bonchev–Trinajstić information content (AvgIpc) is 2.69. The maximum absolute atomic E-state index is 11.5. The van der Waals surface area contributed by atoms with Crippen LogP contribution in [0.5, 0.6) is 0 Å². The minimum Gasteiger partial charge on any atom is -0.304 e. The molecule has 1 saturated heterocycles. The number of ketones is 1. The van der Waals surface area contributed by atoms with Gasteiger partial charge in [-0.05, 0) is 25.2 Å². The fraction of sp³-hybridized carbons (Fsp3) is 0.900. The highest BCUT2D eigenvalue weighted by molar-refractivity contribution is 5.84. The van der Waals surface area contributed by atoms with Crippen molar-refractivity contribution in [1.82, 2.24) is 5.32 Å². The number of rotatable bonds is 4. The van der Waals surface area contributed by atoms with Gasteiger partial charge in [0.2, 0.25) is 0 Å². The van der Waals surface area contributed by atoms with E-state index in [0.29, 0.717) is 11.8 Å². The molecule has 1 aliphatic carbocycles. The van der Waals surface area contributed by atoms with Gasteiger partial charge in [0.05, 0.1) is 6.04 Å². The van der Waals surface area contributed by atoms with Crippen molar-refractivity contribution in [2.75, 3.05) is 0 Å². The van der Waals surface area contributed by atoms with E-state index >= 15 is 0 Å². The molecule has 0 aromatic carbocycles. The average molecular weight is 167 g/mol. The van der Waals surface area contributed by atoms with Gasteiger partial charge in [-0.1, -0.05) is 13.3 Å². The second-order valence-corrected chi connectivity index (χ2v) is 4.13.